The zero-order chi connectivity index (χ0) is 46.4. The Morgan fingerprint density at radius 1 is 0.361 bits per heavy atom. The maximum atomic E-state index is 13.2. The third kappa shape index (κ3) is 14.1. The lowest BCUT2D eigenvalue weighted by molar-refractivity contribution is -0.141. The van der Waals surface area contributed by atoms with Crippen molar-refractivity contribution in [2.24, 2.45) is 59.0 Å². The molecule has 0 unspecified atom stereocenters. The molecule has 18 atom stereocenters. The number of carbonyl (C=O) groups is 9. The van der Waals surface area contributed by atoms with Gasteiger partial charge >= 0.3 is 5.97 Å². The number of carboxylic acids is 1. The third-order valence-corrected chi connectivity index (χ3v) is 13.0. The molecule has 19 nitrogen and oxygen atoms in total. The molecule has 8 amide bonds. The van der Waals surface area contributed by atoms with Gasteiger partial charge in [-0.25, -0.2) is 0 Å². The normalized spacial score (nSPS) is 27.1. The first kappa shape index (κ1) is 50.5. The van der Waals surface area contributed by atoms with Gasteiger partial charge in [0, 0.05) is 35.9 Å². The van der Waals surface area contributed by atoms with Gasteiger partial charge in [-0.15, -0.1) is 0 Å². The Bertz CT molecular complexity index is 1680. The van der Waals surface area contributed by atoms with Gasteiger partial charge in [-0.2, -0.15) is 0 Å². The first-order valence-corrected chi connectivity index (χ1v) is 21.7. The van der Waals surface area contributed by atoms with Crippen LogP contribution in [0.25, 0.3) is 0 Å². The fourth-order valence-electron chi connectivity index (χ4n) is 8.12. The van der Waals surface area contributed by atoms with E-state index in [1.54, 1.807) is 27.7 Å². The minimum atomic E-state index is -1.19. The predicted octanol–water partition coefficient (Wildman–Crippen LogP) is -0.728. The van der Waals surface area contributed by atoms with Gasteiger partial charge in [0.15, 0.2) is 0 Å². The van der Waals surface area contributed by atoms with Crippen molar-refractivity contribution in [3.63, 3.8) is 0 Å². The molecule has 0 aromatic heterocycles. The SMILES string of the molecule is C[C@H](NC(=O)[C@@H](C)NC(=O)[C@H](C)[C@H]1C[C@@H]1[C@@H](C)NC(=O)[C@H](C)NC(=O)[C@@H](C)NC(=O)[C@H](C)[C@H]1C[C@@H]1[C@@H](C)NC(=O)[C@H](C)NC(=O)[C@@H](C)NC(=O)[C@H](C)[C@H]1C[C@@H]1[C@@H](C)N)C(=O)O. The fraction of sp³-hybridized carbons (Fsp3) is 0.786. The maximum Gasteiger partial charge on any atom is 0.325 e. The number of nitrogens with two attached hydrogens (primary N) is 1. The lowest BCUT2D eigenvalue weighted by atomic mass is 10.0. The quantitative estimate of drug-likeness (QED) is 0.0611. The summed E-state index contributed by atoms with van der Waals surface area (Å²) in [5, 5.41) is 30.5. The van der Waals surface area contributed by atoms with E-state index in [0.717, 1.165) is 6.42 Å². The van der Waals surface area contributed by atoms with Gasteiger partial charge in [-0.05, 0) is 117 Å². The summed E-state index contributed by atoms with van der Waals surface area (Å²) in [7, 11) is 0. The van der Waals surface area contributed by atoms with Gasteiger partial charge in [0.05, 0.1) is 0 Å². The topological polar surface area (TPSA) is 296 Å². The number of hydrogen-bond donors (Lipinski definition) is 10. The number of aliphatic carboxylic acids is 1. The molecule has 19 heteroatoms. The van der Waals surface area contributed by atoms with Crippen molar-refractivity contribution in [2.45, 2.75) is 157 Å². The van der Waals surface area contributed by atoms with E-state index in [1.165, 1.54) is 27.7 Å². The van der Waals surface area contributed by atoms with Gasteiger partial charge < -0.3 is 53.4 Å². The average Bonchev–Trinajstić information content (AvgIpc) is 4.05. The lowest BCUT2D eigenvalue weighted by Crippen LogP contribution is -2.54. The van der Waals surface area contributed by atoms with Crippen molar-refractivity contribution in [3.05, 3.63) is 0 Å². The Kier molecular flexibility index (Phi) is 17.7. The summed E-state index contributed by atoms with van der Waals surface area (Å²) in [4.78, 5) is 114. The van der Waals surface area contributed by atoms with Gasteiger partial charge in [-0.1, -0.05) is 20.8 Å². The summed E-state index contributed by atoms with van der Waals surface area (Å²) in [5.41, 5.74) is 5.95. The van der Waals surface area contributed by atoms with E-state index in [2.05, 4.69) is 42.5 Å². The molecule has 344 valence electrons. The van der Waals surface area contributed by atoms with E-state index in [9.17, 15) is 43.2 Å². The minimum absolute atomic E-state index is 0.00232. The van der Waals surface area contributed by atoms with Crippen LogP contribution in [0.3, 0.4) is 0 Å². The molecule has 0 aliphatic heterocycles. The Balaban J connectivity index is 1.35. The molecule has 3 aliphatic rings. The molecule has 11 N–H and O–H groups in total. The molecular formula is C42H71N9O10. The number of hydrogen-bond acceptors (Lipinski definition) is 10. The Hall–Kier alpha value is -4.81. The van der Waals surface area contributed by atoms with Crippen LogP contribution in [0.5, 0.6) is 0 Å². The second kappa shape index (κ2) is 21.3. The number of carbonyl (C=O) groups excluding carboxylic acids is 8. The van der Waals surface area contributed by atoms with E-state index >= 15 is 0 Å². The van der Waals surface area contributed by atoms with E-state index in [0.29, 0.717) is 18.8 Å². The van der Waals surface area contributed by atoms with Gasteiger partial charge in [0.25, 0.3) is 0 Å². The van der Waals surface area contributed by atoms with Crippen LogP contribution in [0.4, 0.5) is 0 Å². The fourth-order valence-corrected chi connectivity index (χ4v) is 8.12. The number of rotatable bonds is 23. The summed E-state index contributed by atoms with van der Waals surface area (Å²) in [6.07, 6.45) is 2.22. The van der Waals surface area contributed by atoms with E-state index in [-0.39, 0.29) is 71.4 Å². The standard InChI is InChI=1S/C42H71N9O10/c1-16(28-13-31(28)19(4)43)34(52)46-22(7)39(57)49-25(10)37(55)44-20(5)32-14-29(32)17(2)35(53)47-23(8)40(58)50-26(11)38(56)45-21(6)33-15-30(33)18(3)36(54)48-24(9)41(59)51-27(12)42(60)61/h16-33H,13-15,43H2,1-12H3,(H,44,55)(H,45,56)(H,46,52)(H,47,53)(H,48,54)(H,49,57)(H,50,58)(H,51,59)(H,60,61)/t16-,17-,18-,19-,20-,21-,22-,23-,24-,25+,26+,27+,28-,29-,30-,31-,32-,33-/m1/s1. The maximum absolute atomic E-state index is 13.2. The molecule has 3 aliphatic carbocycles. The average molecular weight is 862 g/mol. The zero-order valence-corrected chi connectivity index (χ0v) is 37.7. The van der Waals surface area contributed by atoms with E-state index < -0.39 is 83.6 Å². The van der Waals surface area contributed by atoms with Crippen LogP contribution < -0.4 is 48.3 Å². The molecule has 0 radical (unpaired) electrons. The Morgan fingerprint density at radius 2 is 0.590 bits per heavy atom. The van der Waals surface area contributed by atoms with E-state index in [1.807, 2.05) is 27.7 Å². The van der Waals surface area contributed by atoms with E-state index in [4.69, 9.17) is 10.8 Å². The van der Waals surface area contributed by atoms with Crippen molar-refractivity contribution in [1.29, 1.82) is 0 Å². The zero-order valence-electron chi connectivity index (χ0n) is 37.7. The summed E-state index contributed by atoms with van der Waals surface area (Å²) < 4.78 is 0. The number of nitrogens with one attached hydrogen (secondary N) is 8. The van der Waals surface area contributed by atoms with Crippen LogP contribution in [0.15, 0.2) is 0 Å². The predicted molar refractivity (Wildman–Crippen MR) is 224 cm³/mol. The highest BCUT2D eigenvalue weighted by Gasteiger charge is 2.49. The summed E-state index contributed by atoms with van der Waals surface area (Å²) in [6.45, 7) is 19.8. The van der Waals surface area contributed by atoms with Crippen LogP contribution in [-0.4, -0.2) is 113 Å². The minimum Gasteiger partial charge on any atom is -0.480 e. The lowest BCUT2D eigenvalue weighted by Gasteiger charge is -2.23. The van der Waals surface area contributed by atoms with Crippen molar-refractivity contribution in [1.82, 2.24) is 42.5 Å². The van der Waals surface area contributed by atoms with Crippen LogP contribution in [0, 0.1) is 53.3 Å². The number of amides is 8. The van der Waals surface area contributed by atoms with Crippen LogP contribution in [0.1, 0.15) is 102 Å². The second-order valence-corrected chi connectivity index (χ2v) is 18.2. The molecule has 0 spiro atoms. The molecule has 3 fully saturated rings. The second-order valence-electron chi connectivity index (χ2n) is 18.2. The van der Waals surface area contributed by atoms with Crippen molar-refractivity contribution in [3.8, 4) is 0 Å². The highest BCUT2D eigenvalue weighted by atomic mass is 16.4. The Morgan fingerprint density at radius 3 is 0.852 bits per heavy atom. The molecule has 0 heterocycles. The molecule has 3 saturated carbocycles. The van der Waals surface area contributed by atoms with Crippen LogP contribution in [-0.2, 0) is 43.2 Å². The first-order valence-electron chi connectivity index (χ1n) is 21.7. The van der Waals surface area contributed by atoms with Gasteiger partial charge in [-0.3, -0.25) is 43.2 Å². The third-order valence-electron chi connectivity index (χ3n) is 13.0. The summed E-state index contributed by atoms with van der Waals surface area (Å²) >= 11 is 0. The molecule has 61 heavy (non-hydrogen) atoms. The van der Waals surface area contributed by atoms with Gasteiger partial charge in [0.1, 0.15) is 36.3 Å². The van der Waals surface area contributed by atoms with Crippen molar-refractivity contribution < 1.29 is 48.3 Å². The summed E-state index contributed by atoms with van der Waals surface area (Å²) in [5.74, 6) is -5.47. The summed E-state index contributed by atoms with van der Waals surface area (Å²) in [6, 6.07) is -6.22. The molecule has 0 saturated heterocycles. The van der Waals surface area contributed by atoms with Crippen LogP contribution >= 0.6 is 0 Å². The van der Waals surface area contributed by atoms with Crippen molar-refractivity contribution >= 4 is 53.2 Å². The first-order chi connectivity index (χ1) is 28.3. The largest absolute Gasteiger partial charge is 0.480 e. The molecule has 3 rings (SSSR count). The van der Waals surface area contributed by atoms with Crippen molar-refractivity contribution in [2.75, 3.05) is 0 Å². The van der Waals surface area contributed by atoms with Crippen LogP contribution in [0.2, 0.25) is 0 Å². The molecule has 0 aromatic carbocycles. The molecule has 0 bridgehead atoms. The van der Waals surface area contributed by atoms with Gasteiger partial charge in [0.2, 0.25) is 47.3 Å². The highest BCUT2D eigenvalue weighted by Crippen LogP contribution is 2.48. The Labute approximate surface area is 359 Å². The number of carboxylic acid groups (broad SMARTS) is 1. The smallest absolute Gasteiger partial charge is 0.325 e. The molecular weight excluding hydrogens is 791 g/mol. The highest BCUT2D eigenvalue weighted by molar-refractivity contribution is 5.94. The monoisotopic (exact) mass is 862 g/mol. The molecule has 0 aromatic rings.